The quantitative estimate of drug-likeness (QED) is 0.743. The molecule has 5 fully saturated rings. The van der Waals surface area contributed by atoms with Gasteiger partial charge in [-0.3, -0.25) is 0 Å². The van der Waals surface area contributed by atoms with Crippen LogP contribution in [0.15, 0.2) is 0 Å². The van der Waals surface area contributed by atoms with Crippen LogP contribution >= 0.6 is 0 Å². The van der Waals surface area contributed by atoms with Gasteiger partial charge in [0.25, 0.3) is 0 Å². The van der Waals surface area contributed by atoms with Gasteiger partial charge in [0.2, 0.25) is 5.79 Å². The van der Waals surface area contributed by atoms with E-state index >= 15 is 0 Å². The van der Waals surface area contributed by atoms with Crippen molar-refractivity contribution in [2.45, 2.75) is 70.2 Å². The van der Waals surface area contributed by atoms with E-state index in [9.17, 15) is 4.79 Å². The number of nitrogens with one attached hydrogen (secondary N) is 2. The summed E-state index contributed by atoms with van der Waals surface area (Å²) in [4.78, 5) is 23.5. The second-order valence-electron chi connectivity index (χ2n) is 8.40. The van der Waals surface area contributed by atoms with Crippen LogP contribution in [0.3, 0.4) is 0 Å². The molecule has 5 rings (SSSR count). The third-order valence-corrected chi connectivity index (χ3v) is 6.99. The number of amides is 2. The Morgan fingerprint density at radius 3 is 2.72 bits per heavy atom. The lowest BCUT2D eigenvalue weighted by Gasteiger charge is -2.60. The number of carbonyl (C=O) groups is 1. The molecule has 0 aromatic carbocycles. The minimum absolute atomic E-state index is 0.0986. The van der Waals surface area contributed by atoms with Gasteiger partial charge < -0.3 is 20.1 Å². The summed E-state index contributed by atoms with van der Waals surface area (Å²) in [6.07, 6.45) is 3.55. The fourth-order valence-electron chi connectivity index (χ4n) is 5.49. The van der Waals surface area contributed by atoms with Gasteiger partial charge in [0, 0.05) is 25.9 Å². The van der Waals surface area contributed by atoms with E-state index < -0.39 is 17.7 Å². The van der Waals surface area contributed by atoms with Crippen LogP contribution in [0.1, 0.15) is 46.5 Å². The lowest BCUT2D eigenvalue weighted by Crippen LogP contribution is -2.71. The Labute approximate surface area is 149 Å². The van der Waals surface area contributed by atoms with Gasteiger partial charge in [-0.25, -0.2) is 14.6 Å². The molecular weight excluding hydrogens is 324 g/mol. The van der Waals surface area contributed by atoms with Crippen LogP contribution in [-0.4, -0.2) is 43.4 Å². The van der Waals surface area contributed by atoms with E-state index in [0.717, 1.165) is 19.3 Å². The fourth-order valence-corrected chi connectivity index (χ4v) is 5.49. The Morgan fingerprint density at radius 2 is 1.96 bits per heavy atom. The minimum atomic E-state index is -0.753. The molecule has 1 saturated carbocycles. The van der Waals surface area contributed by atoms with E-state index in [-0.39, 0.29) is 18.1 Å². The molecule has 4 saturated heterocycles. The number of fused-ring (bicyclic) bond motifs is 2. The molecule has 0 aromatic rings. The molecule has 0 unspecified atom stereocenters. The van der Waals surface area contributed by atoms with E-state index in [0.29, 0.717) is 24.3 Å². The summed E-state index contributed by atoms with van der Waals surface area (Å²) >= 11 is 0. The van der Waals surface area contributed by atoms with Crippen molar-refractivity contribution in [1.29, 1.82) is 0 Å². The van der Waals surface area contributed by atoms with E-state index in [4.69, 9.17) is 19.2 Å². The molecule has 1 spiro atoms. The number of hydrogen-bond acceptors (Lipinski definition) is 5. The van der Waals surface area contributed by atoms with Crippen molar-refractivity contribution in [3.63, 3.8) is 0 Å². The summed E-state index contributed by atoms with van der Waals surface area (Å²) in [6, 6.07) is -0.193. The van der Waals surface area contributed by atoms with Crippen molar-refractivity contribution in [3.05, 3.63) is 0 Å². The number of rotatable bonds is 2. The third-order valence-electron chi connectivity index (χ3n) is 6.99. The normalized spacial score (nSPS) is 51.4. The smallest absolute Gasteiger partial charge is 0.314 e. The van der Waals surface area contributed by atoms with Gasteiger partial charge >= 0.3 is 6.03 Å². The van der Waals surface area contributed by atoms with E-state index in [1.807, 2.05) is 6.92 Å². The van der Waals surface area contributed by atoms with E-state index in [1.165, 1.54) is 6.42 Å². The Morgan fingerprint density at radius 1 is 1.16 bits per heavy atom. The molecule has 5 aliphatic rings. The molecule has 8 atom stereocenters. The summed E-state index contributed by atoms with van der Waals surface area (Å²) < 4.78 is 12.7. The molecule has 142 valence electrons. The minimum Gasteiger partial charge on any atom is -0.344 e. The first-order chi connectivity index (χ1) is 11.9. The van der Waals surface area contributed by atoms with Crippen LogP contribution in [-0.2, 0) is 19.2 Å². The van der Waals surface area contributed by atoms with Gasteiger partial charge in [-0.2, -0.15) is 0 Å². The fraction of sp³-hybridized carbons (Fsp3) is 0.944. The van der Waals surface area contributed by atoms with Crippen molar-refractivity contribution in [1.82, 2.24) is 10.6 Å². The first-order valence-electron chi connectivity index (χ1n) is 9.55. The van der Waals surface area contributed by atoms with Crippen molar-refractivity contribution < 1.29 is 24.0 Å². The van der Waals surface area contributed by atoms with Crippen molar-refractivity contribution in [3.8, 4) is 0 Å². The average Bonchev–Trinajstić information content (AvgIpc) is 2.82. The molecular formula is C18H30N2O5. The average molecular weight is 354 g/mol. The topological polar surface area (TPSA) is 78.1 Å². The third kappa shape index (κ3) is 2.59. The van der Waals surface area contributed by atoms with Gasteiger partial charge in [-0.15, -0.1) is 0 Å². The molecule has 0 radical (unpaired) electrons. The van der Waals surface area contributed by atoms with Crippen LogP contribution in [0.25, 0.3) is 0 Å². The first kappa shape index (κ1) is 17.5. The molecule has 2 N–H and O–H groups in total. The Balaban J connectivity index is 1.64. The summed E-state index contributed by atoms with van der Waals surface area (Å²) in [6.45, 7) is 6.89. The predicted molar refractivity (Wildman–Crippen MR) is 89.3 cm³/mol. The molecule has 25 heavy (non-hydrogen) atoms. The van der Waals surface area contributed by atoms with Gasteiger partial charge in [0.1, 0.15) is 0 Å². The molecule has 2 amide bonds. The maximum atomic E-state index is 11.6. The van der Waals surface area contributed by atoms with Gasteiger partial charge in [-0.1, -0.05) is 13.8 Å². The highest BCUT2D eigenvalue weighted by Gasteiger charge is 2.69. The maximum Gasteiger partial charge on any atom is 0.314 e. The summed E-state index contributed by atoms with van der Waals surface area (Å²) in [7, 11) is 1.61. The van der Waals surface area contributed by atoms with Gasteiger partial charge in [0.05, 0.1) is 6.10 Å². The molecule has 0 aromatic heterocycles. The zero-order valence-electron chi connectivity index (χ0n) is 15.5. The van der Waals surface area contributed by atoms with Crippen LogP contribution in [0.5, 0.6) is 0 Å². The standard InChI is InChI=1S/C18H30N2O5/c1-10-5-6-13-11(2)14(9-20-16(21)19-4)22-15-18(13)12(10)7-8-17(3,23-15)24-25-18/h10-15H,5-9H2,1-4H3,(H2,19,20,21)/t10-,11-,12+,13+,14-,15-,17-,18-/m1/s1. The Bertz CT molecular complexity index is 546. The SMILES string of the molecule is CNC(=O)NC[C@H]1O[C@@H]2O[C@@]3(C)CC[C@H]4[C@H](C)CC[C@@H]([C@H]1C)[C@@]24OO3. The van der Waals surface area contributed by atoms with Crippen LogP contribution in [0, 0.1) is 23.7 Å². The zero-order chi connectivity index (χ0) is 17.8. The second-order valence-corrected chi connectivity index (χ2v) is 8.40. The molecule has 2 bridgehead atoms. The molecule has 4 heterocycles. The molecule has 4 aliphatic heterocycles. The Kier molecular flexibility index (Phi) is 4.26. The van der Waals surface area contributed by atoms with Crippen LogP contribution in [0.2, 0.25) is 0 Å². The lowest BCUT2D eigenvalue weighted by atomic mass is 9.57. The van der Waals surface area contributed by atoms with Crippen molar-refractivity contribution in [2.75, 3.05) is 13.6 Å². The highest BCUT2D eigenvalue weighted by Crippen LogP contribution is 2.60. The van der Waals surface area contributed by atoms with E-state index in [1.54, 1.807) is 7.05 Å². The van der Waals surface area contributed by atoms with Gasteiger partial charge in [0.15, 0.2) is 11.9 Å². The summed E-state index contributed by atoms with van der Waals surface area (Å²) in [5, 5.41) is 5.46. The molecule has 7 heteroatoms. The summed E-state index contributed by atoms with van der Waals surface area (Å²) in [5.41, 5.74) is -0.531. The molecule has 1 aliphatic carbocycles. The monoisotopic (exact) mass is 354 g/mol. The highest BCUT2D eigenvalue weighted by atomic mass is 17.3. The van der Waals surface area contributed by atoms with Crippen molar-refractivity contribution >= 4 is 6.03 Å². The van der Waals surface area contributed by atoms with Crippen LogP contribution in [0.4, 0.5) is 4.79 Å². The number of carbonyl (C=O) groups excluding carboxylic acids is 1. The second kappa shape index (κ2) is 6.08. The van der Waals surface area contributed by atoms with Gasteiger partial charge in [-0.05, 0) is 43.9 Å². The Hall–Kier alpha value is -0.890. The maximum absolute atomic E-state index is 11.6. The lowest BCUT2D eigenvalue weighted by molar-refractivity contribution is -0.570. The zero-order valence-corrected chi connectivity index (χ0v) is 15.5. The van der Waals surface area contributed by atoms with Crippen LogP contribution < -0.4 is 10.6 Å². The number of urea groups is 1. The predicted octanol–water partition coefficient (Wildman–Crippen LogP) is 2.17. The summed E-state index contributed by atoms with van der Waals surface area (Å²) in [5.74, 6) is 0.722. The highest BCUT2D eigenvalue weighted by molar-refractivity contribution is 5.73. The molecule has 7 nitrogen and oxygen atoms in total. The number of hydrogen-bond donors (Lipinski definition) is 2. The largest absolute Gasteiger partial charge is 0.344 e. The van der Waals surface area contributed by atoms with Crippen molar-refractivity contribution in [2.24, 2.45) is 23.7 Å². The van der Waals surface area contributed by atoms with E-state index in [2.05, 4.69) is 24.5 Å². The number of ether oxygens (including phenoxy) is 2. The first-order valence-corrected chi connectivity index (χ1v) is 9.55.